The molecule has 8 nitrogen and oxygen atoms in total. The summed E-state index contributed by atoms with van der Waals surface area (Å²) in [6.45, 7) is 6.48. The zero-order valence-electron chi connectivity index (χ0n) is 12.0. The molecule has 1 saturated carbocycles. The minimum absolute atomic E-state index is 0.146. The third-order valence-corrected chi connectivity index (χ3v) is 3.56. The van der Waals surface area contributed by atoms with Crippen LogP contribution in [0.15, 0.2) is 0 Å². The minimum atomic E-state index is -0.146. The summed E-state index contributed by atoms with van der Waals surface area (Å²) in [5, 5.41) is 12.5. The molecule has 5 N–H and O–H groups in total. The molecule has 1 fully saturated rings. The molecule has 20 heavy (non-hydrogen) atoms. The molecule has 0 bridgehead atoms. The fourth-order valence-electron chi connectivity index (χ4n) is 2.26. The summed E-state index contributed by atoms with van der Waals surface area (Å²) in [6, 6.07) is 0. The number of hydrogen-bond donors (Lipinski definition) is 4. The predicted molar refractivity (Wildman–Crippen MR) is 78.4 cm³/mol. The number of nitrogens with zero attached hydrogens (tertiary/aromatic N) is 4. The van der Waals surface area contributed by atoms with Crippen LogP contribution in [-0.4, -0.2) is 45.8 Å². The van der Waals surface area contributed by atoms with E-state index in [-0.39, 0.29) is 6.10 Å². The second-order valence-electron chi connectivity index (χ2n) is 4.97. The molecule has 2 rings (SSSR count). The largest absolute Gasteiger partial charge is 0.393 e. The van der Waals surface area contributed by atoms with E-state index in [0.717, 1.165) is 32.5 Å². The highest BCUT2D eigenvalue weighted by Crippen LogP contribution is 2.27. The number of aromatic nitrogens is 3. The van der Waals surface area contributed by atoms with Crippen LogP contribution in [-0.2, 0) is 0 Å². The van der Waals surface area contributed by atoms with Crippen molar-refractivity contribution in [3.63, 3.8) is 0 Å². The first kappa shape index (κ1) is 14.7. The van der Waals surface area contributed by atoms with Crippen molar-refractivity contribution in [3.05, 3.63) is 0 Å². The van der Waals surface area contributed by atoms with Gasteiger partial charge in [0.15, 0.2) is 0 Å². The molecule has 1 aliphatic carbocycles. The summed E-state index contributed by atoms with van der Waals surface area (Å²) in [4.78, 5) is 14.9. The summed E-state index contributed by atoms with van der Waals surface area (Å²) >= 11 is 0. The van der Waals surface area contributed by atoms with Gasteiger partial charge in [0.05, 0.1) is 6.10 Å². The van der Waals surface area contributed by atoms with E-state index in [1.807, 2.05) is 18.7 Å². The molecule has 8 heteroatoms. The van der Waals surface area contributed by atoms with Crippen LogP contribution in [0.25, 0.3) is 0 Å². The highest BCUT2D eigenvalue weighted by molar-refractivity contribution is 5.43. The second kappa shape index (κ2) is 6.67. The average Bonchev–Trinajstić information content (AvgIpc) is 2.43. The first-order valence-corrected chi connectivity index (χ1v) is 7.05. The lowest BCUT2D eigenvalue weighted by atomic mass is 9.82. The summed E-state index contributed by atoms with van der Waals surface area (Å²) < 4.78 is 0. The summed E-state index contributed by atoms with van der Waals surface area (Å²) in [5.74, 6) is 7.34. The molecular formula is C12H23N7O. The van der Waals surface area contributed by atoms with Crippen LogP contribution in [0.3, 0.4) is 0 Å². The number of aliphatic hydroxyl groups excluding tert-OH is 1. The molecule has 0 radical (unpaired) electrons. The van der Waals surface area contributed by atoms with Crippen molar-refractivity contribution in [1.82, 2.24) is 15.0 Å². The third-order valence-electron chi connectivity index (χ3n) is 3.56. The smallest absolute Gasteiger partial charge is 0.243 e. The molecule has 0 spiro atoms. The van der Waals surface area contributed by atoms with Gasteiger partial charge >= 0.3 is 0 Å². The van der Waals surface area contributed by atoms with Crippen molar-refractivity contribution in [2.45, 2.75) is 32.8 Å². The number of aliphatic hydroxyl groups is 1. The lowest BCUT2D eigenvalue weighted by Crippen LogP contribution is -2.33. The third kappa shape index (κ3) is 3.45. The molecular weight excluding hydrogens is 258 g/mol. The molecule has 0 unspecified atom stereocenters. The second-order valence-corrected chi connectivity index (χ2v) is 4.97. The van der Waals surface area contributed by atoms with Crippen molar-refractivity contribution in [2.24, 2.45) is 11.8 Å². The Hall–Kier alpha value is -1.67. The number of nitrogens with one attached hydrogen (secondary N) is 2. The fraction of sp³-hybridized carbons (Fsp3) is 0.750. The normalized spacial score (nSPS) is 21.2. The first-order valence-electron chi connectivity index (χ1n) is 7.05. The molecule has 0 atom stereocenters. The van der Waals surface area contributed by atoms with Gasteiger partial charge in [-0.25, -0.2) is 5.84 Å². The van der Waals surface area contributed by atoms with E-state index >= 15 is 0 Å². The summed E-state index contributed by atoms with van der Waals surface area (Å²) in [5.41, 5.74) is 2.46. The molecule has 0 aliphatic heterocycles. The zero-order valence-corrected chi connectivity index (χ0v) is 12.0. The fourth-order valence-corrected chi connectivity index (χ4v) is 2.26. The molecule has 1 aromatic heterocycles. The van der Waals surface area contributed by atoms with Crippen LogP contribution in [0, 0.1) is 5.92 Å². The topological polar surface area (TPSA) is 112 Å². The predicted octanol–water partition coefficient (Wildman–Crippen LogP) is 0.186. The van der Waals surface area contributed by atoms with Gasteiger partial charge in [-0.2, -0.15) is 15.0 Å². The Morgan fingerprint density at radius 3 is 2.40 bits per heavy atom. The van der Waals surface area contributed by atoms with E-state index in [2.05, 4.69) is 25.7 Å². The van der Waals surface area contributed by atoms with E-state index < -0.39 is 0 Å². The number of rotatable bonds is 7. The Morgan fingerprint density at radius 2 is 1.85 bits per heavy atom. The van der Waals surface area contributed by atoms with Crippen LogP contribution >= 0.6 is 0 Å². The molecule has 0 amide bonds. The van der Waals surface area contributed by atoms with E-state index in [1.54, 1.807) is 0 Å². The van der Waals surface area contributed by atoms with Gasteiger partial charge in [-0.1, -0.05) is 0 Å². The highest BCUT2D eigenvalue weighted by Gasteiger charge is 2.27. The SMILES string of the molecule is CCN(CC)c1nc(NN)nc(NCC2CC(O)C2)n1. The maximum Gasteiger partial charge on any atom is 0.243 e. The Balaban J connectivity index is 2.05. The first-order chi connectivity index (χ1) is 9.66. The Morgan fingerprint density at radius 1 is 1.20 bits per heavy atom. The molecule has 0 aromatic carbocycles. The van der Waals surface area contributed by atoms with Crippen LogP contribution in [0.4, 0.5) is 17.8 Å². The molecule has 1 heterocycles. The highest BCUT2D eigenvalue weighted by atomic mass is 16.3. The molecule has 1 aliphatic rings. The lowest BCUT2D eigenvalue weighted by molar-refractivity contribution is 0.0486. The van der Waals surface area contributed by atoms with Gasteiger partial charge in [-0.3, -0.25) is 5.43 Å². The monoisotopic (exact) mass is 281 g/mol. The van der Waals surface area contributed by atoms with E-state index in [0.29, 0.717) is 23.8 Å². The number of nitrogen functional groups attached to an aromatic ring is 1. The summed E-state index contributed by atoms with van der Waals surface area (Å²) in [7, 11) is 0. The van der Waals surface area contributed by atoms with Gasteiger partial charge in [0.1, 0.15) is 0 Å². The Bertz CT molecular complexity index is 432. The number of anilines is 3. The maximum atomic E-state index is 9.28. The van der Waals surface area contributed by atoms with Crippen LogP contribution in [0.2, 0.25) is 0 Å². The minimum Gasteiger partial charge on any atom is -0.393 e. The Kier molecular flexibility index (Phi) is 4.91. The van der Waals surface area contributed by atoms with Gasteiger partial charge in [-0.05, 0) is 32.6 Å². The molecule has 0 saturated heterocycles. The van der Waals surface area contributed by atoms with Crippen LogP contribution in [0.1, 0.15) is 26.7 Å². The van der Waals surface area contributed by atoms with E-state index in [9.17, 15) is 5.11 Å². The average molecular weight is 281 g/mol. The number of hydrazine groups is 1. The van der Waals surface area contributed by atoms with Gasteiger partial charge in [0.2, 0.25) is 17.8 Å². The van der Waals surface area contributed by atoms with Gasteiger partial charge in [0.25, 0.3) is 0 Å². The number of nitrogens with two attached hydrogens (primary N) is 1. The zero-order chi connectivity index (χ0) is 14.5. The van der Waals surface area contributed by atoms with Crippen molar-refractivity contribution in [1.29, 1.82) is 0 Å². The van der Waals surface area contributed by atoms with Crippen molar-refractivity contribution in [2.75, 3.05) is 35.3 Å². The van der Waals surface area contributed by atoms with Gasteiger partial charge in [-0.15, -0.1) is 0 Å². The van der Waals surface area contributed by atoms with Crippen molar-refractivity contribution in [3.8, 4) is 0 Å². The maximum absolute atomic E-state index is 9.28. The van der Waals surface area contributed by atoms with Gasteiger partial charge in [0, 0.05) is 19.6 Å². The standard InChI is InChI=1S/C12H23N7O/c1-3-19(4-2)12-16-10(15-11(17-12)18-13)14-7-8-5-9(20)6-8/h8-9,20H,3-7,13H2,1-2H3,(H2,14,15,16,17,18). The molecule has 112 valence electrons. The van der Waals surface area contributed by atoms with Crippen molar-refractivity contribution >= 4 is 17.8 Å². The van der Waals surface area contributed by atoms with Gasteiger partial charge < -0.3 is 15.3 Å². The lowest BCUT2D eigenvalue weighted by Gasteiger charge is -2.31. The summed E-state index contributed by atoms with van der Waals surface area (Å²) in [6.07, 6.45) is 1.53. The van der Waals surface area contributed by atoms with E-state index in [4.69, 9.17) is 5.84 Å². The number of hydrogen-bond acceptors (Lipinski definition) is 8. The quantitative estimate of drug-likeness (QED) is 0.414. The molecule has 1 aromatic rings. The van der Waals surface area contributed by atoms with Crippen molar-refractivity contribution < 1.29 is 5.11 Å². The van der Waals surface area contributed by atoms with Crippen LogP contribution < -0.4 is 21.5 Å². The Labute approximate surface area is 118 Å². The van der Waals surface area contributed by atoms with E-state index in [1.165, 1.54) is 0 Å². The van der Waals surface area contributed by atoms with Crippen LogP contribution in [0.5, 0.6) is 0 Å².